The van der Waals surface area contributed by atoms with Gasteiger partial charge in [0.15, 0.2) is 5.96 Å². The lowest BCUT2D eigenvalue weighted by molar-refractivity contribution is 0.232. The van der Waals surface area contributed by atoms with Crippen LogP contribution < -0.4 is 20.1 Å². The van der Waals surface area contributed by atoms with Gasteiger partial charge in [0.2, 0.25) is 0 Å². The van der Waals surface area contributed by atoms with Crippen molar-refractivity contribution in [3.63, 3.8) is 0 Å². The molecule has 1 aromatic rings. The molecule has 0 spiro atoms. The maximum atomic E-state index is 5.44. The van der Waals surface area contributed by atoms with Crippen molar-refractivity contribution in [2.45, 2.75) is 32.7 Å². The van der Waals surface area contributed by atoms with E-state index in [1.807, 2.05) is 18.2 Å². The Balaban J connectivity index is 1.89. The van der Waals surface area contributed by atoms with Crippen molar-refractivity contribution in [2.24, 2.45) is 4.99 Å². The molecule has 0 amide bonds. The Hall–Kier alpha value is -1.95. The first kappa shape index (κ1) is 19.4. The van der Waals surface area contributed by atoms with E-state index in [0.29, 0.717) is 6.54 Å². The molecule has 1 heterocycles. The number of likely N-dealkylation sites (tertiary alicyclic amines) is 1. The van der Waals surface area contributed by atoms with E-state index < -0.39 is 0 Å². The first-order valence-corrected chi connectivity index (χ1v) is 9.22. The fourth-order valence-corrected chi connectivity index (χ4v) is 3.00. The van der Waals surface area contributed by atoms with Crippen LogP contribution in [0.2, 0.25) is 0 Å². The van der Waals surface area contributed by atoms with Crippen LogP contribution in [0.15, 0.2) is 23.2 Å². The summed E-state index contributed by atoms with van der Waals surface area (Å²) in [4.78, 5) is 7.21. The largest absolute Gasteiger partial charge is 0.497 e. The standard InChI is InChI=1S/C19H32N4O2/c1-4-20-19(21-10-13-23-11-6-5-7-12-23)22-15-16-8-9-17(24-2)14-18(16)25-3/h8-9,14H,4-7,10-13,15H2,1-3H3,(H2,20,21,22). The van der Waals surface area contributed by atoms with E-state index in [-0.39, 0.29) is 0 Å². The van der Waals surface area contributed by atoms with Crippen LogP contribution in [0.3, 0.4) is 0 Å². The summed E-state index contributed by atoms with van der Waals surface area (Å²) < 4.78 is 10.7. The molecule has 0 radical (unpaired) electrons. The zero-order chi connectivity index (χ0) is 17.9. The molecule has 1 fully saturated rings. The van der Waals surface area contributed by atoms with Crippen molar-refractivity contribution in [3.8, 4) is 11.5 Å². The lowest BCUT2D eigenvalue weighted by Gasteiger charge is -2.26. The summed E-state index contributed by atoms with van der Waals surface area (Å²) in [5.74, 6) is 2.43. The van der Waals surface area contributed by atoms with E-state index in [4.69, 9.17) is 9.47 Å². The topological polar surface area (TPSA) is 58.1 Å². The molecule has 0 aromatic heterocycles. The van der Waals surface area contributed by atoms with Gasteiger partial charge in [-0.3, -0.25) is 0 Å². The van der Waals surface area contributed by atoms with E-state index in [0.717, 1.165) is 42.7 Å². The SMILES string of the molecule is CCNC(=NCc1ccc(OC)cc1OC)NCCN1CCCCC1. The van der Waals surface area contributed by atoms with Crippen LogP contribution in [0.5, 0.6) is 11.5 Å². The number of piperidine rings is 1. The second-order valence-electron chi connectivity index (χ2n) is 6.20. The van der Waals surface area contributed by atoms with Crippen molar-refractivity contribution in [2.75, 3.05) is 46.9 Å². The van der Waals surface area contributed by atoms with Crippen LogP contribution in [0, 0.1) is 0 Å². The van der Waals surface area contributed by atoms with E-state index in [1.54, 1.807) is 14.2 Å². The highest BCUT2D eigenvalue weighted by molar-refractivity contribution is 5.79. The average Bonchev–Trinajstić information content (AvgIpc) is 2.66. The third-order valence-corrected chi connectivity index (χ3v) is 4.42. The first-order valence-electron chi connectivity index (χ1n) is 9.22. The third-order valence-electron chi connectivity index (χ3n) is 4.42. The average molecular weight is 348 g/mol. The van der Waals surface area contributed by atoms with Crippen LogP contribution in [-0.4, -0.2) is 57.8 Å². The Morgan fingerprint density at radius 1 is 1.12 bits per heavy atom. The molecule has 2 N–H and O–H groups in total. The highest BCUT2D eigenvalue weighted by Gasteiger charge is 2.10. The Morgan fingerprint density at radius 3 is 2.60 bits per heavy atom. The van der Waals surface area contributed by atoms with Crippen LogP contribution in [0.1, 0.15) is 31.7 Å². The molecule has 0 unspecified atom stereocenters. The van der Waals surface area contributed by atoms with Crippen molar-refractivity contribution >= 4 is 5.96 Å². The first-order chi connectivity index (χ1) is 12.3. The summed E-state index contributed by atoms with van der Waals surface area (Å²) in [5.41, 5.74) is 1.04. The monoisotopic (exact) mass is 348 g/mol. The number of methoxy groups -OCH3 is 2. The van der Waals surface area contributed by atoms with Gasteiger partial charge in [-0.2, -0.15) is 0 Å². The predicted molar refractivity (Wildman–Crippen MR) is 103 cm³/mol. The number of hydrogen-bond acceptors (Lipinski definition) is 4. The Morgan fingerprint density at radius 2 is 1.92 bits per heavy atom. The van der Waals surface area contributed by atoms with Gasteiger partial charge in [0.05, 0.1) is 20.8 Å². The predicted octanol–water partition coefficient (Wildman–Crippen LogP) is 2.24. The smallest absolute Gasteiger partial charge is 0.191 e. The number of nitrogens with zero attached hydrogens (tertiary/aromatic N) is 2. The number of guanidine groups is 1. The highest BCUT2D eigenvalue weighted by atomic mass is 16.5. The molecule has 1 aliphatic heterocycles. The second kappa shape index (κ2) is 10.8. The molecule has 6 nitrogen and oxygen atoms in total. The van der Waals surface area contributed by atoms with Gasteiger partial charge in [-0.05, 0) is 45.0 Å². The minimum Gasteiger partial charge on any atom is -0.497 e. The van der Waals surface area contributed by atoms with Crippen LogP contribution >= 0.6 is 0 Å². The quantitative estimate of drug-likeness (QED) is 0.557. The molecule has 0 aliphatic carbocycles. The summed E-state index contributed by atoms with van der Waals surface area (Å²) in [6.45, 7) is 7.90. The molecule has 1 aromatic carbocycles. The highest BCUT2D eigenvalue weighted by Crippen LogP contribution is 2.25. The molecule has 2 rings (SSSR count). The second-order valence-corrected chi connectivity index (χ2v) is 6.20. The van der Waals surface area contributed by atoms with Gasteiger partial charge >= 0.3 is 0 Å². The molecule has 0 saturated carbocycles. The zero-order valence-corrected chi connectivity index (χ0v) is 15.8. The number of aliphatic imine (C=N–C) groups is 1. The van der Waals surface area contributed by atoms with Gasteiger partial charge in [0.1, 0.15) is 11.5 Å². The van der Waals surface area contributed by atoms with Crippen LogP contribution in [0.4, 0.5) is 0 Å². The Bertz CT molecular complexity index is 542. The maximum absolute atomic E-state index is 5.44. The van der Waals surface area contributed by atoms with Gasteiger partial charge in [-0.15, -0.1) is 0 Å². The number of ether oxygens (including phenoxy) is 2. The maximum Gasteiger partial charge on any atom is 0.191 e. The van der Waals surface area contributed by atoms with Gasteiger partial charge in [0, 0.05) is 31.3 Å². The van der Waals surface area contributed by atoms with Crippen LogP contribution in [0.25, 0.3) is 0 Å². The molecule has 6 heteroatoms. The molecular formula is C19H32N4O2. The van der Waals surface area contributed by atoms with Crippen molar-refractivity contribution < 1.29 is 9.47 Å². The van der Waals surface area contributed by atoms with Gasteiger partial charge in [0.25, 0.3) is 0 Å². The summed E-state index contributed by atoms with van der Waals surface area (Å²) in [5, 5.41) is 6.74. The summed E-state index contributed by atoms with van der Waals surface area (Å²) in [6, 6.07) is 5.82. The Kier molecular flexibility index (Phi) is 8.39. The molecule has 1 aliphatic rings. The van der Waals surface area contributed by atoms with Crippen molar-refractivity contribution in [1.82, 2.24) is 15.5 Å². The molecule has 0 atom stereocenters. The normalized spacial score (nSPS) is 15.7. The number of rotatable bonds is 8. The van der Waals surface area contributed by atoms with Crippen molar-refractivity contribution in [1.29, 1.82) is 0 Å². The lowest BCUT2D eigenvalue weighted by atomic mass is 10.1. The number of nitrogens with one attached hydrogen (secondary N) is 2. The molecule has 1 saturated heterocycles. The number of benzene rings is 1. The third kappa shape index (κ3) is 6.46. The van der Waals surface area contributed by atoms with Gasteiger partial charge in [-0.25, -0.2) is 4.99 Å². The molecular weight excluding hydrogens is 316 g/mol. The Labute approximate surface area is 151 Å². The van der Waals surface area contributed by atoms with E-state index in [1.165, 1.54) is 32.4 Å². The summed E-state index contributed by atoms with van der Waals surface area (Å²) in [7, 11) is 3.33. The fourth-order valence-electron chi connectivity index (χ4n) is 3.00. The van der Waals surface area contributed by atoms with Crippen LogP contribution in [-0.2, 0) is 6.54 Å². The van der Waals surface area contributed by atoms with E-state index >= 15 is 0 Å². The van der Waals surface area contributed by atoms with E-state index in [9.17, 15) is 0 Å². The number of hydrogen-bond donors (Lipinski definition) is 2. The molecule has 0 bridgehead atoms. The minimum atomic E-state index is 0.562. The lowest BCUT2D eigenvalue weighted by Crippen LogP contribution is -2.42. The van der Waals surface area contributed by atoms with Gasteiger partial charge in [-0.1, -0.05) is 6.42 Å². The zero-order valence-electron chi connectivity index (χ0n) is 15.8. The molecule has 140 valence electrons. The minimum absolute atomic E-state index is 0.562. The van der Waals surface area contributed by atoms with E-state index in [2.05, 4.69) is 27.4 Å². The fraction of sp³-hybridized carbons (Fsp3) is 0.632. The summed E-state index contributed by atoms with van der Waals surface area (Å²) in [6.07, 6.45) is 4.02. The van der Waals surface area contributed by atoms with Crippen molar-refractivity contribution in [3.05, 3.63) is 23.8 Å². The van der Waals surface area contributed by atoms with Gasteiger partial charge < -0.3 is 25.0 Å². The summed E-state index contributed by atoms with van der Waals surface area (Å²) >= 11 is 0. The molecule has 25 heavy (non-hydrogen) atoms.